The number of fused-ring (bicyclic) bond motifs is 1. The smallest absolute Gasteiger partial charge is 0.261 e. The normalized spacial score (nSPS) is 11.9. The molecule has 2 amide bonds. The minimum atomic E-state index is -0.582. The lowest BCUT2D eigenvalue weighted by atomic mass is 10.1. The second-order valence-corrected chi connectivity index (χ2v) is 8.40. The van der Waals surface area contributed by atoms with Crippen molar-refractivity contribution in [3.05, 3.63) is 78.4 Å². The monoisotopic (exact) mass is 432 g/mol. The van der Waals surface area contributed by atoms with Crippen LogP contribution in [-0.2, 0) is 16.0 Å². The van der Waals surface area contributed by atoms with E-state index in [2.05, 4.69) is 5.32 Å². The van der Waals surface area contributed by atoms with E-state index in [1.54, 1.807) is 11.8 Å². The Morgan fingerprint density at radius 2 is 1.59 bits per heavy atom. The van der Waals surface area contributed by atoms with Gasteiger partial charge in [-0.05, 0) is 36.3 Å². The molecule has 3 aromatic rings. The molecular weight excluding hydrogens is 400 g/mol. The minimum Gasteiger partial charge on any atom is -0.483 e. The summed E-state index contributed by atoms with van der Waals surface area (Å²) in [5.74, 6) is 0.650. The highest BCUT2D eigenvalue weighted by molar-refractivity contribution is 5.90. The third-order valence-electron chi connectivity index (χ3n) is 5.44. The molecule has 0 aromatic heterocycles. The molecule has 0 spiro atoms. The van der Waals surface area contributed by atoms with Crippen molar-refractivity contribution in [1.29, 1.82) is 0 Å². The van der Waals surface area contributed by atoms with Crippen molar-refractivity contribution in [3.63, 3.8) is 0 Å². The van der Waals surface area contributed by atoms with Gasteiger partial charge in [0, 0.05) is 18.5 Å². The van der Waals surface area contributed by atoms with Gasteiger partial charge in [0.15, 0.2) is 6.61 Å². The molecule has 3 rings (SSSR count). The van der Waals surface area contributed by atoms with Gasteiger partial charge >= 0.3 is 0 Å². The second kappa shape index (κ2) is 11.3. The molecule has 0 unspecified atom stereocenters. The predicted octanol–water partition coefficient (Wildman–Crippen LogP) is 4.45. The average molecular weight is 433 g/mol. The van der Waals surface area contributed by atoms with E-state index >= 15 is 0 Å². The van der Waals surface area contributed by atoms with Gasteiger partial charge in [0.25, 0.3) is 5.91 Å². The molecule has 0 saturated carbocycles. The molecule has 32 heavy (non-hydrogen) atoms. The molecule has 5 heteroatoms. The molecule has 0 aliphatic carbocycles. The molecule has 0 bridgehead atoms. The lowest BCUT2D eigenvalue weighted by Crippen LogP contribution is -2.50. The van der Waals surface area contributed by atoms with Crippen LogP contribution in [0.1, 0.15) is 26.3 Å². The zero-order valence-electron chi connectivity index (χ0n) is 19.1. The highest BCUT2D eigenvalue weighted by Gasteiger charge is 2.26. The predicted molar refractivity (Wildman–Crippen MR) is 129 cm³/mol. The molecule has 5 nitrogen and oxygen atoms in total. The molecule has 1 atom stereocenters. The van der Waals surface area contributed by atoms with Crippen molar-refractivity contribution in [2.75, 3.05) is 19.7 Å². The number of carbonyl (C=O) groups excluding carboxylic acids is 2. The number of amides is 2. The Morgan fingerprint density at radius 3 is 2.34 bits per heavy atom. The molecule has 0 aliphatic heterocycles. The van der Waals surface area contributed by atoms with E-state index < -0.39 is 6.04 Å². The summed E-state index contributed by atoms with van der Waals surface area (Å²) in [6, 6.07) is 23.1. The molecule has 168 valence electrons. The summed E-state index contributed by atoms with van der Waals surface area (Å²) < 4.78 is 5.92. The van der Waals surface area contributed by atoms with Crippen LogP contribution in [0.15, 0.2) is 72.8 Å². The highest BCUT2D eigenvalue weighted by Crippen LogP contribution is 2.25. The third-order valence-corrected chi connectivity index (χ3v) is 5.44. The molecule has 1 N–H and O–H groups in total. The number of hydrogen-bond donors (Lipinski definition) is 1. The van der Waals surface area contributed by atoms with Crippen LogP contribution in [-0.4, -0.2) is 42.5 Å². The van der Waals surface area contributed by atoms with Crippen LogP contribution in [0.2, 0.25) is 0 Å². The average Bonchev–Trinajstić information content (AvgIpc) is 2.81. The van der Waals surface area contributed by atoms with Crippen LogP contribution in [0.5, 0.6) is 5.75 Å². The molecule has 0 saturated heterocycles. The topological polar surface area (TPSA) is 58.6 Å². The fourth-order valence-electron chi connectivity index (χ4n) is 3.57. The van der Waals surface area contributed by atoms with Gasteiger partial charge in [0.2, 0.25) is 5.91 Å². The fraction of sp³-hybridized carbons (Fsp3) is 0.333. The standard InChI is InChI=1S/C27H32N2O3/c1-20(2)18-28-27(31)21(3)29(17-16-22-10-5-4-6-11-22)26(30)19-32-25-15-9-13-23-12-7-8-14-24(23)25/h4-15,20-21H,16-19H2,1-3H3,(H,28,31)/t21-/m1/s1. The number of hydrogen-bond acceptors (Lipinski definition) is 3. The first-order chi connectivity index (χ1) is 15.5. The van der Waals surface area contributed by atoms with E-state index in [0.717, 1.165) is 16.3 Å². The molecule has 0 aliphatic rings. The van der Waals surface area contributed by atoms with Gasteiger partial charge in [-0.3, -0.25) is 9.59 Å². The van der Waals surface area contributed by atoms with Crippen LogP contribution in [0.4, 0.5) is 0 Å². The summed E-state index contributed by atoms with van der Waals surface area (Å²) in [7, 11) is 0. The lowest BCUT2D eigenvalue weighted by molar-refractivity contribution is -0.141. The lowest BCUT2D eigenvalue weighted by Gasteiger charge is -2.29. The maximum absolute atomic E-state index is 13.2. The zero-order valence-corrected chi connectivity index (χ0v) is 19.1. The first kappa shape index (κ1) is 23.3. The van der Waals surface area contributed by atoms with Gasteiger partial charge in [-0.1, -0.05) is 80.6 Å². The zero-order chi connectivity index (χ0) is 22.9. The second-order valence-electron chi connectivity index (χ2n) is 8.40. The van der Waals surface area contributed by atoms with Crippen molar-refractivity contribution in [3.8, 4) is 5.75 Å². The SMILES string of the molecule is CC(C)CNC(=O)[C@@H](C)N(CCc1ccccc1)C(=O)COc1cccc2ccccc12. The molecule has 0 heterocycles. The van der Waals surface area contributed by atoms with E-state index in [1.807, 2.05) is 86.6 Å². The Kier molecular flexibility index (Phi) is 8.26. The number of benzene rings is 3. The maximum atomic E-state index is 13.2. The number of nitrogens with zero attached hydrogens (tertiary/aromatic N) is 1. The van der Waals surface area contributed by atoms with Gasteiger partial charge in [-0.25, -0.2) is 0 Å². The van der Waals surface area contributed by atoms with Gasteiger partial charge in [-0.2, -0.15) is 0 Å². The number of rotatable bonds is 10. The summed E-state index contributed by atoms with van der Waals surface area (Å²) in [4.78, 5) is 27.5. The van der Waals surface area contributed by atoms with Crippen molar-refractivity contribution < 1.29 is 14.3 Å². The molecular formula is C27H32N2O3. The van der Waals surface area contributed by atoms with Crippen LogP contribution in [0.3, 0.4) is 0 Å². The maximum Gasteiger partial charge on any atom is 0.261 e. The third kappa shape index (κ3) is 6.33. The Labute approximate surface area is 190 Å². The van der Waals surface area contributed by atoms with Crippen molar-refractivity contribution >= 4 is 22.6 Å². The van der Waals surface area contributed by atoms with Crippen LogP contribution in [0.25, 0.3) is 10.8 Å². The van der Waals surface area contributed by atoms with E-state index in [1.165, 1.54) is 0 Å². The largest absolute Gasteiger partial charge is 0.483 e. The first-order valence-electron chi connectivity index (χ1n) is 11.2. The molecule has 0 fully saturated rings. The quantitative estimate of drug-likeness (QED) is 0.515. The van der Waals surface area contributed by atoms with Crippen LogP contribution < -0.4 is 10.1 Å². The fourth-order valence-corrected chi connectivity index (χ4v) is 3.57. The van der Waals surface area contributed by atoms with Crippen molar-refractivity contribution in [2.45, 2.75) is 33.2 Å². The van der Waals surface area contributed by atoms with Gasteiger partial charge < -0.3 is 15.0 Å². The van der Waals surface area contributed by atoms with E-state index in [4.69, 9.17) is 4.74 Å². The first-order valence-corrected chi connectivity index (χ1v) is 11.2. The summed E-state index contributed by atoms with van der Waals surface area (Å²) in [5.41, 5.74) is 1.12. The van der Waals surface area contributed by atoms with E-state index in [0.29, 0.717) is 31.2 Å². The number of ether oxygens (including phenoxy) is 1. The van der Waals surface area contributed by atoms with E-state index in [9.17, 15) is 9.59 Å². The van der Waals surface area contributed by atoms with Gasteiger partial charge in [0.1, 0.15) is 11.8 Å². The van der Waals surface area contributed by atoms with Crippen molar-refractivity contribution in [2.24, 2.45) is 5.92 Å². The molecule has 3 aromatic carbocycles. The Balaban J connectivity index is 1.71. The van der Waals surface area contributed by atoms with Gasteiger partial charge in [0.05, 0.1) is 0 Å². The Hall–Kier alpha value is -3.34. The number of nitrogens with one attached hydrogen (secondary N) is 1. The highest BCUT2D eigenvalue weighted by atomic mass is 16.5. The van der Waals surface area contributed by atoms with Gasteiger partial charge in [-0.15, -0.1) is 0 Å². The molecule has 0 radical (unpaired) electrons. The summed E-state index contributed by atoms with van der Waals surface area (Å²) in [6.45, 7) is 6.76. The summed E-state index contributed by atoms with van der Waals surface area (Å²) in [5, 5.41) is 4.95. The van der Waals surface area contributed by atoms with Crippen molar-refractivity contribution in [1.82, 2.24) is 10.2 Å². The van der Waals surface area contributed by atoms with Crippen LogP contribution in [0, 0.1) is 5.92 Å². The van der Waals surface area contributed by atoms with E-state index in [-0.39, 0.29) is 18.4 Å². The Morgan fingerprint density at radius 1 is 0.906 bits per heavy atom. The Bertz CT molecular complexity index is 1030. The minimum absolute atomic E-state index is 0.120. The summed E-state index contributed by atoms with van der Waals surface area (Å²) in [6.07, 6.45) is 0.669. The summed E-state index contributed by atoms with van der Waals surface area (Å²) >= 11 is 0. The van der Waals surface area contributed by atoms with Crippen LogP contribution >= 0.6 is 0 Å². The number of carbonyl (C=O) groups is 2.